The predicted octanol–water partition coefficient (Wildman–Crippen LogP) is 1.85. The number of hydrogen-bond donors (Lipinski definition) is 2. The van der Waals surface area contributed by atoms with E-state index in [9.17, 15) is 9.90 Å². The topological polar surface area (TPSA) is 96.2 Å². The Balaban J connectivity index is 1.26. The number of phenolic OH excluding ortho intramolecular Hbond substituents is 1. The van der Waals surface area contributed by atoms with Gasteiger partial charge in [-0.15, -0.1) is 5.10 Å². The van der Waals surface area contributed by atoms with Gasteiger partial charge in [-0.2, -0.15) is 4.68 Å². The van der Waals surface area contributed by atoms with Crippen molar-refractivity contribution < 1.29 is 9.90 Å². The molecule has 4 rings (SSSR count). The minimum atomic E-state index is -0.0261. The molecule has 1 atom stereocenters. The smallest absolute Gasteiger partial charge is 0.230 e. The summed E-state index contributed by atoms with van der Waals surface area (Å²) in [6, 6.07) is 17.1. The molecule has 150 valence electrons. The van der Waals surface area contributed by atoms with Crippen LogP contribution in [0.1, 0.15) is 12.0 Å². The Bertz CT molecular complexity index is 947. The molecule has 1 saturated heterocycles. The number of amides is 1. The van der Waals surface area contributed by atoms with E-state index < -0.39 is 0 Å². The van der Waals surface area contributed by atoms with Crippen LogP contribution in [0.25, 0.3) is 5.69 Å². The zero-order valence-corrected chi connectivity index (χ0v) is 16.6. The lowest BCUT2D eigenvalue weighted by molar-refractivity contribution is -0.119. The first kappa shape index (κ1) is 19.4. The number of phenols is 1. The molecule has 9 heteroatoms. The SMILES string of the molecule is O=C(CSc1nnnn1-c1ccc(O)cc1)NC1CCN(Cc2ccccc2)C1. The molecule has 1 aliphatic heterocycles. The maximum Gasteiger partial charge on any atom is 0.230 e. The van der Waals surface area contributed by atoms with Crippen LogP contribution in [-0.2, 0) is 11.3 Å². The van der Waals surface area contributed by atoms with Crippen molar-refractivity contribution in [2.45, 2.75) is 24.2 Å². The lowest BCUT2D eigenvalue weighted by Gasteiger charge is -2.16. The van der Waals surface area contributed by atoms with E-state index in [1.165, 1.54) is 17.3 Å². The molecule has 0 radical (unpaired) electrons. The Kier molecular flexibility index (Phi) is 6.06. The monoisotopic (exact) mass is 410 g/mol. The lowest BCUT2D eigenvalue weighted by Crippen LogP contribution is -2.38. The van der Waals surface area contributed by atoms with Crippen molar-refractivity contribution in [3.05, 3.63) is 60.2 Å². The Morgan fingerprint density at radius 2 is 1.97 bits per heavy atom. The van der Waals surface area contributed by atoms with Gasteiger partial charge in [0.2, 0.25) is 11.1 Å². The molecule has 0 saturated carbocycles. The van der Waals surface area contributed by atoms with Crippen molar-refractivity contribution in [2.24, 2.45) is 0 Å². The fraction of sp³-hybridized carbons (Fsp3) is 0.300. The van der Waals surface area contributed by atoms with Crippen LogP contribution in [0.5, 0.6) is 5.75 Å². The van der Waals surface area contributed by atoms with Gasteiger partial charge in [0.05, 0.1) is 11.4 Å². The fourth-order valence-electron chi connectivity index (χ4n) is 3.36. The summed E-state index contributed by atoms with van der Waals surface area (Å²) in [4.78, 5) is 14.8. The first-order chi connectivity index (χ1) is 14.2. The van der Waals surface area contributed by atoms with Crippen molar-refractivity contribution in [2.75, 3.05) is 18.8 Å². The maximum atomic E-state index is 12.4. The van der Waals surface area contributed by atoms with Crippen LogP contribution >= 0.6 is 11.8 Å². The van der Waals surface area contributed by atoms with Gasteiger partial charge < -0.3 is 10.4 Å². The first-order valence-electron chi connectivity index (χ1n) is 9.43. The van der Waals surface area contributed by atoms with Gasteiger partial charge in [-0.05, 0) is 46.7 Å². The van der Waals surface area contributed by atoms with Crippen molar-refractivity contribution in [3.63, 3.8) is 0 Å². The van der Waals surface area contributed by atoms with E-state index in [-0.39, 0.29) is 23.5 Å². The van der Waals surface area contributed by atoms with Crippen LogP contribution in [0, 0.1) is 0 Å². The molecule has 2 aromatic carbocycles. The molecule has 3 aromatic rings. The van der Waals surface area contributed by atoms with Gasteiger partial charge in [0.1, 0.15) is 5.75 Å². The minimum absolute atomic E-state index is 0.0261. The molecular weight excluding hydrogens is 388 g/mol. The summed E-state index contributed by atoms with van der Waals surface area (Å²) >= 11 is 1.29. The van der Waals surface area contributed by atoms with Gasteiger partial charge in [-0.3, -0.25) is 9.69 Å². The number of aromatic hydroxyl groups is 1. The molecule has 1 aromatic heterocycles. The second-order valence-corrected chi connectivity index (χ2v) is 7.89. The highest BCUT2D eigenvalue weighted by Gasteiger charge is 2.24. The van der Waals surface area contributed by atoms with Crippen LogP contribution in [0.4, 0.5) is 0 Å². The van der Waals surface area contributed by atoms with Gasteiger partial charge in [-0.1, -0.05) is 42.1 Å². The third-order valence-electron chi connectivity index (χ3n) is 4.75. The summed E-state index contributed by atoms with van der Waals surface area (Å²) in [5, 5.41) is 24.7. The number of carbonyl (C=O) groups is 1. The molecule has 1 unspecified atom stereocenters. The van der Waals surface area contributed by atoms with Gasteiger partial charge in [0, 0.05) is 25.7 Å². The van der Waals surface area contributed by atoms with Crippen LogP contribution in [0.3, 0.4) is 0 Å². The Morgan fingerprint density at radius 1 is 1.17 bits per heavy atom. The molecule has 0 aliphatic carbocycles. The number of thioether (sulfide) groups is 1. The van der Waals surface area contributed by atoms with E-state index in [1.54, 1.807) is 28.9 Å². The largest absolute Gasteiger partial charge is 0.508 e. The minimum Gasteiger partial charge on any atom is -0.508 e. The van der Waals surface area contributed by atoms with E-state index in [2.05, 4.69) is 37.9 Å². The standard InChI is InChI=1S/C20H22N6O2S/c27-18-8-6-17(7-9-18)26-20(22-23-24-26)29-14-19(28)21-16-10-11-25(13-16)12-15-4-2-1-3-5-15/h1-9,16,27H,10-14H2,(H,21,28). The average molecular weight is 411 g/mol. The first-order valence-corrected chi connectivity index (χ1v) is 10.4. The van der Waals surface area contributed by atoms with Gasteiger partial charge >= 0.3 is 0 Å². The molecule has 29 heavy (non-hydrogen) atoms. The van der Waals surface area contributed by atoms with E-state index in [1.807, 2.05) is 18.2 Å². The van der Waals surface area contributed by atoms with Crippen molar-refractivity contribution in [1.82, 2.24) is 30.4 Å². The zero-order chi connectivity index (χ0) is 20.1. The van der Waals surface area contributed by atoms with E-state index >= 15 is 0 Å². The summed E-state index contributed by atoms with van der Waals surface area (Å²) in [5.41, 5.74) is 2.01. The molecule has 2 heterocycles. The quantitative estimate of drug-likeness (QED) is 0.574. The molecule has 8 nitrogen and oxygen atoms in total. The number of likely N-dealkylation sites (tertiary alicyclic amines) is 1. The van der Waals surface area contributed by atoms with Gasteiger partial charge in [-0.25, -0.2) is 0 Å². The molecule has 0 spiro atoms. The Morgan fingerprint density at radius 3 is 2.76 bits per heavy atom. The van der Waals surface area contributed by atoms with Crippen molar-refractivity contribution in [3.8, 4) is 11.4 Å². The number of hydrogen-bond acceptors (Lipinski definition) is 7. The summed E-state index contributed by atoms with van der Waals surface area (Å²) in [5.74, 6) is 0.392. The number of rotatable bonds is 7. The highest BCUT2D eigenvalue weighted by atomic mass is 32.2. The molecule has 0 bridgehead atoms. The summed E-state index contributed by atoms with van der Waals surface area (Å²) in [6.45, 7) is 2.74. The van der Waals surface area contributed by atoms with Crippen LogP contribution in [0.15, 0.2) is 59.8 Å². The third-order valence-corrected chi connectivity index (χ3v) is 5.67. The molecule has 2 N–H and O–H groups in total. The van der Waals surface area contributed by atoms with Gasteiger partial charge in [0.15, 0.2) is 0 Å². The molecule has 1 fully saturated rings. The average Bonchev–Trinajstić information content (AvgIpc) is 3.37. The summed E-state index contributed by atoms with van der Waals surface area (Å²) < 4.78 is 1.55. The van der Waals surface area contributed by atoms with Gasteiger partial charge in [0.25, 0.3) is 0 Å². The molecule has 1 amide bonds. The normalized spacial score (nSPS) is 16.8. The highest BCUT2D eigenvalue weighted by Crippen LogP contribution is 2.20. The van der Waals surface area contributed by atoms with E-state index in [0.717, 1.165) is 31.7 Å². The van der Waals surface area contributed by atoms with E-state index in [4.69, 9.17) is 0 Å². The zero-order valence-electron chi connectivity index (χ0n) is 15.8. The molecule has 1 aliphatic rings. The third kappa shape index (κ3) is 5.12. The fourth-order valence-corrected chi connectivity index (χ4v) is 4.06. The summed E-state index contributed by atoms with van der Waals surface area (Å²) in [7, 11) is 0. The van der Waals surface area contributed by atoms with E-state index in [0.29, 0.717) is 5.16 Å². The number of nitrogens with one attached hydrogen (secondary N) is 1. The second-order valence-electron chi connectivity index (χ2n) is 6.95. The highest BCUT2D eigenvalue weighted by molar-refractivity contribution is 7.99. The lowest BCUT2D eigenvalue weighted by atomic mass is 10.2. The maximum absolute atomic E-state index is 12.4. The Labute approximate surface area is 172 Å². The Hall–Kier alpha value is -2.91. The van der Waals surface area contributed by atoms with Crippen molar-refractivity contribution in [1.29, 1.82) is 0 Å². The summed E-state index contributed by atoms with van der Waals surface area (Å²) in [6.07, 6.45) is 0.953. The van der Waals surface area contributed by atoms with Crippen LogP contribution < -0.4 is 5.32 Å². The molecular formula is C20H22N6O2S. The predicted molar refractivity (Wildman–Crippen MR) is 110 cm³/mol. The number of benzene rings is 2. The number of tetrazole rings is 1. The van der Waals surface area contributed by atoms with Crippen molar-refractivity contribution >= 4 is 17.7 Å². The number of carbonyl (C=O) groups excluding carboxylic acids is 1. The number of nitrogens with zero attached hydrogens (tertiary/aromatic N) is 5. The van der Waals surface area contributed by atoms with Crippen LogP contribution in [-0.4, -0.2) is 61.0 Å². The van der Waals surface area contributed by atoms with Crippen LogP contribution in [0.2, 0.25) is 0 Å². The number of aromatic nitrogens is 4. The second kappa shape index (κ2) is 9.06.